The summed E-state index contributed by atoms with van der Waals surface area (Å²) in [6.45, 7) is 0. The van der Waals surface area contributed by atoms with Gasteiger partial charge in [0.15, 0.2) is 23.2 Å². The highest BCUT2D eigenvalue weighted by molar-refractivity contribution is 6.18. The minimum absolute atomic E-state index is 0.117. The first kappa shape index (κ1) is 16.6. The van der Waals surface area contributed by atoms with E-state index in [1.807, 2.05) is 6.07 Å². The molecule has 0 radical (unpaired) electrons. The number of hydrogen-bond donors (Lipinski definition) is 0. The summed E-state index contributed by atoms with van der Waals surface area (Å²) in [6.07, 6.45) is 2.86. The van der Waals surface area contributed by atoms with Gasteiger partial charge in [-0.3, -0.25) is 14.6 Å². The number of allylic oxidation sites excluding steroid dienone is 2. The Kier molecular flexibility index (Phi) is 3.91. The third kappa shape index (κ3) is 2.37. The Labute approximate surface area is 148 Å². The summed E-state index contributed by atoms with van der Waals surface area (Å²) >= 11 is 0. The van der Waals surface area contributed by atoms with Crippen molar-refractivity contribution in [2.75, 3.05) is 4.90 Å². The molecule has 1 aromatic carbocycles. The van der Waals surface area contributed by atoms with Crippen molar-refractivity contribution in [3.8, 4) is 6.07 Å². The maximum absolute atomic E-state index is 14.8. The van der Waals surface area contributed by atoms with Gasteiger partial charge in [0.2, 0.25) is 0 Å². The van der Waals surface area contributed by atoms with Crippen LogP contribution in [0.3, 0.4) is 0 Å². The first-order chi connectivity index (χ1) is 12.5. The van der Waals surface area contributed by atoms with Gasteiger partial charge >= 0.3 is 0 Å². The average Bonchev–Trinajstić information content (AvgIpc) is 2.63. The normalized spacial score (nSPS) is 22.6. The van der Waals surface area contributed by atoms with E-state index in [0.717, 1.165) is 6.07 Å². The second-order valence-corrected chi connectivity index (χ2v) is 6.64. The first-order valence-electron chi connectivity index (χ1n) is 8.56. The number of Topliss-reactive ketones (excluding diaryl/α,β-unsaturated/α-hetero) is 2. The van der Waals surface area contributed by atoms with Crippen molar-refractivity contribution in [1.82, 2.24) is 0 Å². The average molecular weight is 355 g/mol. The number of anilines is 1. The van der Waals surface area contributed by atoms with Crippen molar-refractivity contribution in [1.29, 1.82) is 5.26 Å². The molecule has 0 amide bonds. The fourth-order valence-electron chi connectivity index (χ4n) is 3.92. The van der Waals surface area contributed by atoms with Crippen LogP contribution in [0.1, 0.15) is 44.1 Å². The number of hydrogen-bond acceptors (Lipinski definition) is 5. The molecule has 1 aromatic rings. The highest BCUT2D eigenvalue weighted by atomic mass is 19.2. The fraction of sp³-hybridized carbons (Fsp3) is 0.368. The van der Waals surface area contributed by atoms with E-state index in [1.165, 1.54) is 11.0 Å². The Hall–Kier alpha value is -2.88. The lowest BCUT2D eigenvalue weighted by Crippen LogP contribution is -2.53. The van der Waals surface area contributed by atoms with Crippen molar-refractivity contribution in [2.45, 2.75) is 44.6 Å². The quantitative estimate of drug-likeness (QED) is 0.775. The summed E-state index contributed by atoms with van der Waals surface area (Å²) in [5.41, 5.74) is 0.717. The van der Waals surface area contributed by atoms with E-state index in [1.54, 1.807) is 0 Å². The monoisotopic (exact) mass is 355 g/mol. The van der Waals surface area contributed by atoms with E-state index in [0.29, 0.717) is 37.1 Å². The number of nitrogens with zero attached hydrogens (tertiary/aromatic N) is 3. The molecule has 1 saturated carbocycles. The predicted molar refractivity (Wildman–Crippen MR) is 89.5 cm³/mol. The standard InChI is InChI=1S/C19H15F2N3O2/c20-11-8-7-10(9-22)17(16(11)21)24-18-12(3-1-5-14(18)25)23-13-4-2-6-15(26)19(13)24/h7-8,18H,1-6H2. The Balaban J connectivity index is 2.01. The van der Waals surface area contributed by atoms with Gasteiger partial charge in [0, 0.05) is 18.6 Å². The van der Waals surface area contributed by atoms with Crippen LogP contribution in [0.15, 0.2) is 28.5 Å². The van der Waals surface area contributed by atoms with Crippen LogP contribution in [0, 0.1) is 23.0 Å². The van der Waals surface area contributed by atoms with E-state index >= 15 is 0 Å². The van der Waals surface area contributed by atoms with Crippen molar-refractivity contribution in [2.24, 2.45) is 4.99 Å². The van der Waals surface area contributed by atoms with Crippen LogP contribution in [0.25, 0.3) is 0 Å². The molecule has 132 valence electrons. The Morgan fingerprint density at radius 2 is 1.88 bits per heavy atom. The lowest BCUT2D eigenvalue weighted by Gasteiger charge is -2.41. The molecule has 0 bridgehead atoms. The number of benzene rings is 1. The Morgan fingerprint density at radius 3 is 2.65 bits per heavy atom. The Morgan fingerprint density at radius 1 is 1.12 bits per heavy atom. The summed E-state index contributed by atoms with van der Waals surface area (Å²) in [5.74, 6) is -2.82. The molecule has 2 aliphatic carbocycles. The first-order valence-corrected chi connectivity index (χ1v) is 8.56. The zero-order valence-electron chi connectivity index (χ0n) is 13.9. The van der Waals surface area contributed by atoms with Gasteiger partial charge in [-0.15, -0.1) is 0 Å². The second-order valence-electron chi connectivity index (χ2n) is 6.64. The third-order valence-corrected chi connectivity index (χ3v) is 5.04. The molecular formula is C19H15F2N3O2. The van der Waals surface area contributed by atoms with Gasteiger partial charge in [-0.1, -0.05) is 0 Å². The third-order valence-electron chi connectivity index (χ3n) is 5.04. The van der Waals surface area contributed by atoms with Crippen molar-refractivity contribution >= 4 is 23.0 Å². The minimum atomic E-state index is -1.23. The van der Waals surface area contributed by atoms with Crippen LogP contribution in [0.4, 0.5) is 14.5 Å². The largest absolute Gasteiger partial charge is 0.317 e. The molecule has 26 heavy (non-hydrogen) atoms. The Bertz CT molecular complexity index is 943. The highest BCUT2D eigenvalue weighted by Gasteiger charge is 2.44. The molecule has 1 aliphatic heterocycles. The van der Waals surface area contributed by atoms with Gasteiger partial charge in [-0.25, -0.2) is 8.78 Å². The fourth-order valence-corrected chi connectivity index (χ4v) is 3.92. The maximum Gasteiger partial charge on any atom is 0.183 e. The molecule has 1 unspecified atom stereocenters. The summed E-state index contributed by atoms with van der Waals surface area (Å²) in [7, 11) is 0. The lowest BCUT2D eigenvalue weighted by molar-refractivity contribution is -0.119. The van der Waals surface area contributed by atoms with Gasteiger partial charge in [0.25, 0.3) is 0 Å². The molecule has 3 aliphatic rings. The van der Waals surface area contributed by atoms with Gasteiger partial charge in [0.1, 0.15) is 17.8 Å². The summed E-state index contributed by atoms with van der Waals surface area (Å²) in [6, 6.07) is 2.94. The maximum atomic E-state index is 14.8. The summed E-state index contributed by atoms with van der Waals surface area (Å²) in [5, 5.41) is 9.41. The lowest BCUT2D eigenvalue weighted by atomic mass is 9.85. The molecule has 0 spiro atoms. The topological polar surface area (TPSA) is 73.5 Å². The molecular weight excluding hydrogens is 340 g/mol. The second kappa shape index (κ2) is 6.13. The predicted octanol–water partition coefficient (Wildman–Crippen LogP) is 3.18. The SMILES string of the molecule is N#Cc1ccc(F)c(F)c1N1C2=C(CCCC2=O)N=C2CCCC(=O)C21. The number of carbonyl (C=O) groups is 2. The van der Waals surface area contributed by atoms with Crippen LogP contribution in [0.2, 0.25) is 0 Å². The molecule has 5 nitrogen and oxygen atoms in total. The molecule has 4 rings (SSSR count). The van der Waals surface area contributed by atoms with E-state index in [-0.39, 0.29) is 41.4 Å². The molecule has 1 atom stereocenters. The van der Waals surface area contributed by atoms with Crippen LogP contribution < -0.4 is 4.90 Å². The van der Waals surface area contributed by atoms with Crippen LogP contribution >= 0.6 is 0 Å². The number of fused-ring (bicyclic) bond motifs is 1. The van der Waals surface area contributed by atoms with E-state index < -0.39 is 17.7 Å². The number of aliphatic imine (C=N–C) groups is 1. The van der Waals surface area contributed by atoms with Gasteiger partial charge < -0.3 is 4.90 Å². The van der Waals surface area contributed by atoms with Crippen LogP contribution in [-0.4, -0.2) is 23.3 Å². The van der Waals surface area contributed by atoms with Crippen molar-refractivity contribution < 1.29 is 18.4 Å². The molecule has 0 saturated heterocycles. The highest BCUT2D eigenvalue weighted by Crippen LogP contribution is 2.40. The number of nitriles is 1. The molecule has 7 heteroatoms. The number of ketones is 2. The van der Waals surface area contributed by atoms with Crippen LogP contribution in [-0.2, 0) is 9.59 Å². The number of halogens is 2. The van der Waals surface area contributed by atoms with Gasteiger partial charge in [-0.2, -0.15) is 5.26 Å². The number of rotatable bonds is 1. The van der Waals surface area contributed by atoms with Gasteiger partial charge in [-0.05, 0) is 37.8 Å². The molecule has 0 aromatic heterocycles. The van der Waals surface area contributed by atoms with Crippen molar-refractivity contribution in [3.05, 3.63) is 40.7 Å². The zero-order chi connectivity index (χ0) is 18.4. The van der Waals surface area contributed by atoms with Crippen molar-refractivity contribution in [3.63, 3.8) is 0 Å². The molecule has 1 heterocycles. The number of carbonyl (C=O) groups excluding carboxylic acids is 2. The van der Waals surface area contributed by atoms with E-state index in [4.69, 9.17) is 0 Å². The summed E-state index contributed by atoms with van der Waals surface area (Å²) in [4.78, 5) is 31.0. The van der Waals surface area contributed by atoms with Gasteiger partial charge in [0.05, 0.1) is 16.9 Å². The molecule has 1 fully saturated rings. The zero-order valence-corrected chi connectivity index (χ0v) is 13.9. The van der Waals surface area contributed by atoms with Crippen LogP contribution in [0.5, 0.6) is 0 Å². The smallest absolute Gasteiger partial charge is 0.183 e. The summed E-state index contributed by atoms with van der Waals surface area (Å²) < 4.78 is 28.7. The minimum Gasteiger partial charge on any atom is -0.317 e. The molecule has 0 N–H and O–H groups in total. The van der Waals surface area contributed by atoms with E-state index in [9.17, 15) is 23.6 Å². The van der Waals surface area contributed by atoms with E-state index in [2.05, 4.69) is 4.99 Å².